The molecule has 9 nitrogen and oxygen atoms in total. The van der Waals surface area contributed by atoms with E-state index in [9.17, 15) is 5.11 Å². The fraction of sp³-hybridized carbons (Fsp3) is 0.143. The number of pyridine rings is 4. The second-order valence-corrected chi connectivity index (χ2v) is 12.8. The first-order chi connectivity index (χ1) is 25.3. The summed E-state index contributed by atoms with van der Waals surface area (Å²) in [4.78, 5) is 19.2. The molecule has 0 saturated heterocycles. The van der Waals surface area contributed by atoms with Crippen molar-refractivity contribution in [2.45, 2.75) is 19.4 Å². The Hall–Kier alpha value is -6.03. The van der Waals surface area contributed by atoms with E-state index < -0.39 is 5.60 Å². The highest BCUT2D eigenvalue weighted by atomic mass is 35.5. The third kappa shape index (κ3) is 5.20. The van der Waals surface area contributed by atoms with Crippen LogP contribution in [0.15, 0.2) is 103 Å². The Kier molecular flexibility index (Phi) is 8.24. The lowest BCUT2D eigenvalue weighted by molar-refractivity contribution is 0.123. The van der Waals surface area contributed by atoms with Gasteiger partial charge in [-0.05, 0) is 56.3 Å². The van der Waals surface area contributed by atoms with Crippen molar-refractivity contribution in [2.24, 2.45) is 0 Å². The van der Waals surface area contributed by atoms with Gasteiger partial charge in [-0.3, -0.25) is 9.97 Å². The number of halogens is 1. The average molecular weight is 709 g/mol. The van der Waals surface area contributed by atoms with Crippen LogP contribution >= 0.6 is 11.6 Å². The fourth-order valence-corrected chi connectivity index (χ4v) is 7.39. The van der Waals surface area contributed by atoms with Crippen LogP contribution in [0.4, 0.5) is 0 Å². The minimum absolute atomic E-state index is 0.0205. The Morgan fingerprint density at radius 2 is 1.15 bits per heavy atom. The Morgan fingerprint density at radius 1 is 0.558 bits per heavy atom. The van der Waals surface area contributed by atoms with E-state index in [1.165, 1.54) is 14.2 Å². The van der Waals surface area contributed by atoms with Gasteiger partial charge in [0, 0.05) is 44.7 Å². The standard InChI is InChI=1S/C42H33ClN4O5/c1-23-21-28(25-13-6-9-16-29(25)44-23)42(48,36-27-15-8-11-18-31(27)47-41(51-5)39(36)50-4)37-35-32(19-12-20-33(35)49-3)46-40(43)38(37)52-34-22-24(2)45-30-17-10-7-14-26(30)34/h6-22,48H,1-5H3. The van der Waals surface area contributed by atoms with Gasteiger partial charge in [0.15, 0.2) is 16.7 Å². The first-order valence-corrected chi connectivity index (χ1v) is 17.0. The maximum atomic E-state index is 14.4. The molecular weight excluding hydrogens is 676 g/mol. The summed E-state index contributed by atoms with van der Waals surface area (Å²) in [5.41, 5.74) is 2.84. The first kappa shape index (κ1) is 33.1. The molecule has 0 aliphatic carbocycles. The number of hydrogen-bond acceptors (Lipinski definition) is 9. The van der Waals surface area contributed by atoms with Gasteiger partial charge in [0.1, 0.15) is 17.1 Å². The number of nitrogens with zero attached hydrogens (tertiary/aromatic N) is 4. The molecule has 0 radical (unpaired) electrons. The lowest BCUT2D eigenvalue weighted by Crippen LogP contribution is -2.32. The van der Waals surface area contributed by atoms with Gasteiger partial charge >= 0.3 is 0 Å². The third-order valence-corrected chi connectivity index (χ3v) is 9.55. The summed E-state index contributed by atoms with van der Waals surface area (Å²) in [6, 6.07) is 32.0. The number of rotatable bonds is 8. The molecule has 0 aliphatic heterocycles. The Bertz CT molecular complexity index is 2700. The van der Waals surface area contributed by atoms with Gasteiger partial charge in [-0.25, -0.2) is 9.97 Å². The smallest absolute Gasteiger partial charge is 0.257 e. The second kappa shape index (κ2) is 12.9. The molecule has 8 aromatic rings. The van der Waals surface area contributed by atoms with Gasteiger partial charge in [-0.15, -0.1) is 0 Å². The van der Waals surface area contributed by atoms with Crippen molar-refractivity contribution in [2.75, 3.05) is 21.3 Å². The number of methoxy groups -OCH3 is 3. The highest BCUT2D eigenvalue weighted by Gasteiger charge is 2.46. The van der Waals surface area contributed by atoms with Crippen LogP contribution in [-0.4, -0.2) is 46.4 Å². The van der Waals surface area contributed by atoms with Crippen molar-refractivity contribution in [3.05, 3.63) is 136 Å². The molecule has 1 N–H and O–H groups in total. The molecular formula is C42H33ClN4O5. The summed E-state index contributed by atoms with van der Waals surface area (Å²) < 4.78 is 25.0. The minimum Gasteiger partial charge on any atom is -0.496 e. The first-order valence-electron chi connectivity index (χ1n) is 16.6. The van der Waals surface area contributed by atoms with Crippen LogP contribution in [0, 0.1) is 13.8 Å². The molecule has 10 heteroatoms. The summed E-state index contributed by atoms with van der Waals surface area (Å²) in [6.45, 7) is 3.78. The summed E-state index contributed by atoms with van der Waals surface area (Å²) in [5.74, 6) is 1.42. The lowest BCUT2D eigenvalue weighted by Gasteiger charge is -2.36. The number of ether oxygens (including phenoxy) is 4. The molecule has 0 saturated carbocycles. The van der Waals surface area contributed by atoms with Crippen molar-refractivity contribution in [3.8, 4) is 28.9 Å². The quantitative estimate of drug-likeness (QED) is 0.155. The van der Waals surface area contributed by atoms with Gasteiger partial charge < -0.3 is 24.1 Å². The molecule has 1 atom stereocenters. The number of para-hydroxylation sites is 3. The number of aryl methyl sites for hydroxylation is 2. The van der Waals surface area contributed by atoms with Crippen LogP contribution in [-0.2, 0) is 5.60 Å². The Morgan fingerprint density at radius 3 is 1.83 bits per heavy atom. The fourth-order valence-electron chi connectivity index (χ4n) is 7.17. The molecule has 0 aliphatic rings. The molecule has 0 spiro atoms. The molecule has 4 aromatic heterocycles. The highest BCUT2D eigenvalue weighted by molar-refractivity contribution is 6.31. The van der Waals surface area contributed by atoms with Crippen LogP contribution < -0.4 is 18.9 Å². The highest BCUT2D eigenvalue weighted by Crippen LogP contribution is 2.55. The van der Waals surface area contributed by atoms with Gasteiger partial charge in [0.2, 0.25) is 0 Å². The van der Waals surface area contributed by atoms with Gasteiger partial charge in [-0.2, -0.15) is 0 Å². The number of benzene rings is 4. The molecule has 0 amide bonds. The van der Waals surface area contributed by atoms with E-state index in [2.05, 4.69) is 0 Å². The normalized spacial score (nSPS) is 12.7. The molecule has 52 heavy (non-hydrogen) atoms. The summed E-state index contributed by atoms with van der Waals surface area (Å²) >= 11 is 7.24. The van der Waals surface area contributed by atoms with Gasteiger partial charge in [0.25, 0.3) is 5.88 Å². The van der Waals surface area contributed by atoms with Gasteiger partial charge in [-0.1, -0.05) is 66.2 Å². The SMILES string of the molecule is COc1nc2ccccc2c(C(O)(c2cc(C)nc3ccccc23)c2c(Oc3cc(C)nc4ccccc34)c(Cl)nc3cccc(OC)c23)c1OC. The summed E-state index contributed by atoms with van der Waals surface area (Å²) in [7, 11) is 4.61. The Labute approximate surface area is 304 Å². The van der Waals surface area contributed by atoms with Crippen molar-refractivity contribution in [3.63, 3.8) is 0 Å². The lowest BCUT2D eigenvalue weighted by atomic mass is 9.75. The van der Waals surface area contributed by atoms with E-state index in [0.717, 1.165) is 16.6 Å². The van der Waals surface area contributed by atoms with Crippen molar-refractivity contribution >= 4 is 55.2 Å². The zero-order valence-electron chi connectivity index (χ0n) is 29.1. The van der Waals surface area contributed by atoms with Crippen molar-refractivity contribution in [1.29, 1.82) is 0 Å². The van der Waals surface area contributed by atoms with E-state index in [1.807, 2.05) is 117 Å². The summed E-state index contributed by atoms with van der Waals surface area (Å²) in [6.07, 6.45) is 0. The molecule has 4 aromatic carbocycles. The van der Waals surface area contributed by atoms with Crippen LogP contribution in [0.1, 0.15) is 28.1 Å². The van der Waals surface area contributed by atoms with E-state index in [0.29, 0.717) is 61.0 Å². The largest absolute Gasteiger partial charge is 0.496 e. The maximum absolute atomic E-state index is 14.4. The van der Waals surface area contributed by atoms with Crippen molar-refractivity contribution < 1.29 is 24.1 Å². The number of fused-ring (bicyclic) bond motifs is 4. The molecule has 0 bridgehead atoms. The van der Waals surface area contributed by atoms with Crippen LogP contribution in [0.2, 0.25) is 5.15 Å². The molecule has 8 rings (SSSR count). The monoisotopic (exact) mass is 708 g/mol. The van der Waals surface area contributed by atoms with E-state index in [-0.39, 0.29) is 28.1 Å². The number of aromatic nitrogens is 4. The van der Waals surface area contributed by atoms with Crippen LogP contribution in [0.25, 0.3) is 43.6 Å². The van der Waals surface area contributed by atoms with E-state index in [4.69, 9.17) is 50.5 Å². The molecule has 1 unspecified atom stereocenters. The van der Waals surface area contributed by atoms with Crippen molar-refractivity contribution in [1.82, 2.24) is 19.9 Å². The van der Waals surface area contributed by atoms with Gasteiger partial charge in [0.05, 0.1) is 54.3 Å². The number of aliphatic hydroxyl groups is 1. The number of hydrogen-bond donors (Lipinski definition) is 1. The van der Waals surface area contributed by atoms with Crippen LogP contribution in [0.3, 0.4) is 0 Å². The minimum atomic E-state index is -2.12. The third-order valence-electron chi connectivity index (χ3n) is 9.30. The molecule has 258 valence electrons. The van der Waals surface area contributed by atoms with E-state index in [1.54, 1.807) is 7.11 Å². The van der Waals surface area contributed by atoms with Crippen LogP contribution in [0.5, 0.6) is 28.9 Å². The van der Waals surface area contributed by atoms with E-state index >= 15 is 0 Å². The topological polar surface area (TPSA) is 109 Å². The average Bonchev–Trinajstić information content (AvgIpc) is 3.16. The zero-order chi connectivity index (χ0) is 36.1. The molecule has 0 fully saturated rings. The maximum Gasteiger partial charge on any atom is 0.257 e. The Balaban J connectivity index is 1.64. The predicted molar refractivity (Wildman–Crippen MR) is 203 cm³/mol. The predicted octanol–water partition coefficient (Wildman–Crippen LogP) is 9.25. The second-order valence-electron chi connectivity index (χ2n) is 12.4. The summed E-state index contributed by atoms with van der Waals surface area (Å²) in [5, 5.41) is 17.0. The molecule has 4 heterocycles. The zero-order valence-corrected chi connectivity index (χ0v) is 29.8.